The van der Waals surface area contributed by atoms with E-state index in [0.29, 0.717) is 19.4 Å². The van der Waals surface area contributed by atoms with Gasteiger partial charge in [0, 0.05) is 13.1 Å². The van der Waals surface area contributed by atoms with Crippen LogP contribution < -0.4 is 0 Å². The second-order valence-electron chi connectivity index (χ2n) is 5.60. The van der Waals surface area contributed by atoms with Crippen molar-refractivity contribution < 1.29 is 27.5 Å². The van der Waals surface area contributed by atoms with Gasteiger partial charge in [0.1, 0.15) is 11.1 Å². The molecule has 0 bridgehead atoms. The average Bonchev–Trinajstić information content (AvgIpc) is 2.54. The lowest BCUT2D eigenvalue weighted by atomic mass is 9.98. The molecule has 2 atom stereocenters. The highest BCUT2D eigenvalue weighted by Gasteiger charge is 2.36. The van der Waals surface area contributed by atoms with Crippen LogP contribution in [0.25, 0.3) is 0 Å². The fraction of sp³-hybridized carbons (Fsp3) is 0.467. The number of carbonyl (C=O) groups excluding carboxylic acids is 1. The lowest BCUT2D eigenvalue weighted by Crippen LogP contribution is -2.47. The molecule has 1 heterocycles. The van der Waals surface area contributed by atoms with E-state index in [4.69, 9.17) is 5.11 Å². The Morgan fingerprint density at radius 2 is 1.91 bits per heavy atom. The Labute approximate surface area is 133 Å². The maximum atomic E-state index is 12.9. The first kappa shape index (κ1) is 17.4. The Morgan fingerprint density at radius 1 is 1.30 bits per heavy atom. The van der Waals surface area contributed by atoms with Crippen molar-refractivity contribution >= 4 is 21.7 Å². The number of benzene rings is 1. The molecule has 126 valence electrons. The number of carboxylic acid groups (broad SMARTS) is 1. The molecule has 0 unspecified atom stereocenters. The second kappa shape index (κ2) is 6.66. The minimum Gasteiger partial charge on any atom is -0.481 e. The Morgan fingerprint density at radius 3 is 2.48 bits per heavy atom. The van der Waals surface area contributed by atoms with Crippen molar-refractivity contribution in [3.05, 3.63) is 30.1 Å². The normalized spacial score (nSPS) is 20.1. The highest BCUT2D eigenvalue weighted by molar-refractivity contribution is 7.92. The molecule has 1 amide bonds. The van der Waals surface area contributed by atoms with E-state index < -0.39 is 38.7 Å². The van der Waals surface area contributed by atoms with Crippen molar-refractivity contribution in [2.75, 3.05) is 13.1 Å². The molecule has 1 saturated heterocycles. The number of sulfone groups is 1. The number of likely N-dealkylation sites (tertiary alicyclic amines) is 1. The van der Waals surface area contributed by atoms with Crippen molar-refractivity contribution in [3.8, 4) is 0 Å². The molecule has 1 aromatic carbocycles. The molecule has 8 heteroatoms. The van der Waals surface area contributed by atoms with E-state index in [-0.39, 0.29) is 11.4 Å². The summed E-state index contributed by atoms with van der Waals surface area (Å²) >= 11 is 0. The summed E-state index contributed by atoms with van der Waals surface area (Å²) < 4.78 is 37.8. The Hall–Kier alpha value is -1.96. The summed E-state index contributed by atoms with van der Waals surface area (Å²) in [4.78, 5) is 24.6. The number of hydrogen-bond donors (Lipinski definition) is 1. The zero-order valence-corrected chi connectivity index (χ0v) is 13.4. The number of hydrogen-bond acceptors (Lipinski definition) is 4. The van der Waals surface area contributed by atoms with Crippen molar-refractivity contribution in [1.82, 2.24) is 4.90 Å². The number of halogens is 1. The molecule has 0 aromatic heterocycles. The molecule has 1 aliphatic rings. The fourth-order valence-electron chi connectivity index (χ4n) is 2.60. The van der Waals surface area contributed by atoms with Crippen LogP contribution in [0.4, 0.5) is 4.39 Å². The van der Waals surface area contributed by atoms with Crippen LogP contribution in [0.15, 0.2) is 29.2 Å². The monoisotopic (exact) mass is 343 g/mol. The standard InChI is InChI=1S/C15H18FNO5S/c1-10(23(21,22)13-6-4-12(16)5-7-13)14(18)17-8-2-3-11(9-17)15(19)20/h4-7,10-11H,2-3,8-9H2,1H3,(H,19,20)/t10-,11+/m0/s1. The number of piperidine rings is 1. The average molecular weight is 343 g/mol. The third-order valence-corrected chi connectivity index (χ3v) is 6.10. The summed E-state index contributed by atoms with van der Waals surface area (Å²) in [5, 5.41) is 7.70. The lowest BCUT2D eigenvalue weighted by Gasteiger charge is -2.32. The van der Waals surface area contributed by atoms with Gasteiger partial charge in [-0.1, -0.05) is 0 Å². The zero-order chi connectivity index (χ0) is 17.2. The van der Waals surface area contributed by atoms with Gasteiger partial charge >= 0.3 is 5.97 Å². The van der Waals surface area contributed by atoms with Crippen molar-refractivity contribution in [1.29, 1.82) is 0 Å². The van der Waals surface area contributed by atoms with Gasteiger partial charge in [-0.25, -0.2) is 12.8 Å². The van der Waals surface area contributed by atoms with Gasteiger partial charge in [0.15, 0.2) is 9.84 Å². The van der Waals surface area contributed by atoms with Gasteiger partial charge in [0.05, 0.1) is 10.8 Å². The molecule has 1 aromatic rings. The number of rotatable bonds is 4. The molecule has 1 N–H and O–H groups in total. The first-order valence-corrected chi connectivity index (χ1v) is 8.79. The van der Waals surface area contributed by atoms with E-state index in [2.05, 4.69) is 0 Å². The Balaban J connectivity index is 2.18. The predicted molar refractivity (Wildman–Crippen MR) is 80.0 cm³/mol. The largest absolute Gasteiger partial charge is 0.481 e. The van der Waals surface area contributed by atoms with E-state index in [0.717, 1.165) is 24.3 Å². The van der Waals surface area contributed by atoms with Gasteiger partial charge in [0.2, 0.25) is 5.91 Å². The van der Waals surface area contributed by atoms with Gasteiger partial charge in [-0.05, 0) is 44.0 Å². The maximum absolute atomic E-state index is 12.9. The molecule has 0 aliphatic carbocycles. The summed E-state index contributed by atoms with van der Waals surface area (Å²) in [5.41, 5.74) is 0. The fourth-order valence-corrected chi connectivity index (χ4v) is 3.94. The molecular formula is C15H18FNO5S. The van der Waals surface area contributed by atoms with Crippen LogP contribution in [-0.2, 0) is 19.4 Å². The van der Waals surface area contributed by atoms with Crippen LogP contribution in [-0.4, -0.2) is 48.6 Å². The molecule has 23 heavy (non-hydrogen) atoms. The molecule has 0 radical (unpaired) electrons. The molecule has 1 fully saturated rings. The Bertz CT molecular complexity index is 701. The molecule has 2 rings (SSSR count). The first-order chi connectivity index (χ1) is 10.7. The Kier molecular flexibility index (Phi) is 5.03. The van der Waals surface area contributed by atoms with Crippen LogP contribution in [0.1, 0.15) is 19.8 Å². The second-order valence-corrected chi connectivity index (χ2v) is 7.87. The lowest BCUT2D eigenvalue weighted by molar-refractivity contribution is -0.145. The quantitative estimate of drug-likeness (QED) is 0.832. The van der Waals surface area contributed by atoms with Crippen LogP contribution in [0.2, 0.25) is 0 Å². The van der Waals surface area contributed by atoms with Gasteiger partial charge in [-0.2, -0.15) is 0 Å². The summed E-state index contributed by atoms with van der Waals surface area (Å²) in [5.74, 6) is -2.85. The molecular weight excluding hydrogens is 325 g/mol. The van der Waals surface area contributed by atoms with Crippen LogP contribution >= 0.6 is 0 Å². The summed E-state index contributed by atoms with van der Waals surface area (Å²) in [6.07, 6.45) is 0.990. The highest BCUT2D eigenvalue weighted by atomic mass is 32.2. The zero-order valence-electron chi connectivity index (χ0n) is 12.6. The third kappa shape index (κ3) is 3.69. The van der Waals surface area contributed by atoms with Crippen molar-refractivity contribution in [2.24, 2.45) is 5.92 Å². The van der Waals surface area contributed by atoms with E-state index in [1.165, 1.54) is 11.8 Å². The third-order valence-electron chi connectivity index (χ3n) is 4.04. The summed E-state index contributed by atoms with van der Waals surface area (Å²) in [6, 6.07) is 4.27. The number of carbonyl (C=O) groups is 2. The van der Waals surface area contributed by atoms with Crippen molar-refractivity contribution in [3.63, 3.8) is 0 Å². The van der Waals surface area contributed by atoms with E-state index in [1.807, 2.05) is 0 Å². The van der Waals surface area contributed by atoms with E-state index >= 15 is 0 Å². The highest BCUT2D eigenvalue weighted by Crippen LogP contribution is 2.22. The topological polar surface area (TPSA) is 91.8 Å². The van der Waals surface area contributed by atoms with Crippen LogP contribution in [0, 0.1) is 11.7 Å². The van der Waals surface area contributed by atoms with Gasteiger partial charge in [-0.15, -0.1) is 0 Å². The van der Waals surface area contributed by atoms with E-state index in [1.54, 1.807) is 0 Å². The van der Waals surface area contributed by atoms with Crippen LogP contribution in [0.5, 0.6) is 0 Å². The van der Waals surface area contributed by atoms with Gasteiger partial charge in [0.25, 0.3) is 0 Å². The minimum absolute atomic E-state index is 0.0114. The smallest absolute Gasteiger partial charge is 0.308 e. The number of nitrogens with zero attached hydrogens (tertiary/aromatic N) is 1. The predicted octanol–water partition coefficient (Wildman–Crippen LogP) is 1.31. The number of carboxylic acids is 1. The van der Waals surface area contributed by atoms with Gasteiger partial charge in [-0.3, -0.25) is 9.59 Å². The summed E-state index contributed by atoms with van der Waals surface area (Å²) in [7, 11) is -3.95. The molecule has 0 spiro atoms. The molecule has 0 saturated carbocycles. The molecule has 6 nitrogen and oxygen atoms in total. The van der Waals surface area contributed by atoms with E-state index in [9.17, 15) is 22.4 Å². The van der Waals surface area contributed by atoms with Gasteiger partial charge < -0.3 is 10.0 Å². The number of amides is 1. The SMILES string of the molecule is C[C@@H](C(=O)N1CCC[C@@H](C(=O)O)C1)S(=O)(=O)c1ccc(F)cc1. The summed E-state index contributed by atoms with van der Waals surface area (Å²) in [6.45, 7) is 1.62. The van der Waals surface area contributed by atoms with Crippen LogP contribution in [0.3, 0.4) is 0 Å². The molecule has 1 aliphatic heterocycles. The van der Waals surface area contributed by atoms with Crippen molar-refractivity contribution in [2.45, 2.75) is 29.9 Å². The first-order valence-electron chi connectivity index (χ1n) is 7.24. The number of aliphatic carboxylic acids is 1. The minimum atomic E-state index is -3.95. The maximum Gasteiger partial charge on any atom is 0.308 e.